The Morgan fingerprint density at radius 3 is 2.89 bits per heavy atom. The SMILES string of the molecule is O=c1[nH]c(=O)n([C@H]2C[C@@H](O)[C@@H](CO)O2)cc1/C=C/Br. The molecule has 19 heavy (non-hydrogen) atoms. The highest BCUT2D eigenvalue weighted by Crippen LogP contribution is 2.27. The zero-order valence-corrected chi connectivity index (χ0v) is 11.4. The largest absolute Gasteiger partial charge is 0.394 e. The van der Waals surface area contributed by atoms with Gasteiger partial charge in [-0.1, -0.05) is 15.9 Å². The Morgan fingerprint density at radius 2 is 2.32 bits per heavy atom. The predicted molar refractivity (Wildman–Crippen MR) is 70.9 cm³/mol. The maximum atomic E-state index is 11.7. The standard InChI is InChI=1S/C11H13BrN2O5/c12-2-1-6-4-14(11(18)13-10(6)17)9-3-7(16)8(5-15)19-9/h1-2,4,7-9,15-16H,3,5H2,(H,13,17,18)/b2-1+/t7-,8-,9-/m1/s1. The first-order chi connectivity index (χ1) is 9.06. The van der Waals surface area contributed by atoms with E-state index in [0.717, 1.165) is 0 Å². The van der Waals surface area contributed by atoms with Gasteiger partial charge in [-0.25, -0.2) is 4.79 Å². The second-order valence-electron chi connectivity index (χ2n) is 4.16. The van der Waals surface area contributed by atoms with Crippen LogP contribution in [0, 0.1) is 0 Å². The Kier molecular flexibility index (Phi) is 4.35. The minimum Gasteiger partial charge on any atom is -0.394 e. The number of ether oxygens (including phenoxy) is 1. The highest BCUT2D eigenvalue weighted by molar-refractivity contribution is 9.11. The summed E-state index contributed by atoms with van der Waals surface area (Å²) in [5.41, 5.74) is -0.844. The Morgan fingerprint density at radius 1 is 1.58 bits per heavy atom. The van der Waals surface area contributed by atoms with Gasteiger partial charge in [-0.15, -0.1) is 0 Å². The zero-order chi connectivity index (χ0) is 14.0. The first-order valence-electron chi connectivity index (χ1n) is 5.63. The van der Waals surface area contributed by atoms with E-state index in [1.165, 1.54) is 21.8 Å². The number of nitrogens with zero attached hydrogens (tertiary/aromatic N) is 1. The average molecular weight is 333 g/mol. The van der Waals surface area contributed by atoms with Gasteiger partial charge >= 0.3 is 5.69 Å². The molecule has 1 aromatic rings. The molecule has 3 atom stereocenters. The molecule has 0 bridgehead atoms. The molecule has 2 rings (SSSR count). The van der Waals surface area contributed by atoms with Crippen LogP contribution >= 0.6 is 15.9 Å². The monoisotopic (exact) mass is 332 g/mol. The Bertz CT molecular complexity index is 593. The second kappa shape index (κ2) is 5.83. The van der Waals surface area contributed by atoms with Gasteiger partial charge in [0.2, 0.25) is 0 Å². The van der Waals surface area contributed by atoms with Crippen molar-refractivity contribution in [2.75, 3.05) is 6.61 Å². The molecule has 0 radical (unpaired) electrons. The second-order valence-corrected chi connectivity index (χ2v) is 4.69. The summed E-state index contributed by atoms with van der Waals surface area (Å²) in [6.45, 7) is -0.329. The summed E-state index contributed by atoms with van der Waals surface area (Å²) in [5.74, 6) is 0. The van der Waals surface area contributed by atoms with Crippen molar-refractivity contribution >= 4 is 22.0 Å². The summed E-state index contributed by atoms with van der Waals surface area (Å²) in [6.07, 6.45) is 0.746. The molecule has 0 unspecified atom stereocenters. The molecule has 2 heterocycles. The van der Waals surface area contributed by atoms with Crippen molar-refractivity contribution in [1.29, 1.82) is 0 Å². The molecule has 0 spiro atoms. The van der Waals surface area contributed by atoms with Crippen molar-refractivity contribution in [3.05, 3.63) is 37.6 Å². The molecule has 0 amide bonds. The highest BCUT2D eigenvalue weighted by atomic mass is 79.9. The van der Waals surface area contributed by atoms with E-state index in [1.54, 1.807) is 0 Å². The third-order valence-corrected chi connectivity index (χ3v) is 3.20. The number of aromatic amines is 1. The van der Waals surface area contributed by atoms with Crippen LogP contribution in [-0.2, 0) is 4.74 Å². The molecule has 1 fully saturated rings. The molecule has 7 nitrogen and oxygen atoms in total. The van der Waals surface area contributed by atoms with Crippen LogP contribution in [0.5, 0.6) is 0 Å². The lowest BCUT2D eigenvalue weighted by molar-refractivity contribution is -0.0459. The molecule has 3 N–H and O–H groups in total. The molecule has 1 saturated heterocycles. The van der Waals surface area contributed by atoms with E-state index >= 15 is 0 Å². The number of aliphatic hydroxyl groups excluding tert-OH is 2. The minimum atomic E-state index is -0.844. The van der Waals surface area contributed by atoms with E-state index in [-0.39, 0.29) is 18.6 Å². The summed E-state index contributed by atoms with van der Waals surface area (Å²) >= 11 is 3.05. The van der Waals surface area contributed by atoms with E-state index in [2.05, 4.69) is 20.9 Å². The van der Waals surface area contributed by atoms with Gasteiger partial charge in [0.25, 0.3) is 5.56 Å². The maximum absolute atomic E-state index is 11.7. The number of nitrogens with one attached hydrogen (secondary N) is 1. The lowest BCUT2D eigenvalue weighted by atomic mass is 10.2. The van der Waals surface area contributed by atoms with E-state index in [4.69, 9.17) is 9.84 Å². The van der Waals surface area contributed by atoms with Crippen LogP contribution in [0.3, 0.4) is 0 Å². The number of hydrogen-bond donors (Lipinski definition) is 3. The third-order valence-electron chi connectivity index (χ3n) is 2.93. The number of halogens is 1. The summed E-state index contributed by atoms with van der Waals surface area (Å²) in [5, 5.41) is 18.7. The van der Waals surface area contributed by atoms with Crippen molar-refractivity contribution in [1.82, 2.24) is 9.55 Å². The van der Waals surface area contributed by atoms with Gasteiger partial charge in [-0.3, -0.25) is 14.3 Å². The van der Waals surface area contributed by atoms with E-state index in [1.807, 2.05) is 0 Å². The maximum Gasteiger partial charge on any atom is 0.330 e. The van der Waals surface area contributed by atoms with Gasteiger partial charge in [0.05, 0.1) is 18.3 Å². The molecular weight excluding hydrogens is 320 g/mol. The highest BCUT2D eigenvalue weighted by Gasteiger charge is 2.35. The zero-order valence-electron chi connectivity index (χ0n) is 9.82. The fourth-order valence-corrected chi connectivity index (χ4v) is 2.24. The predicted octanol–water partition coefficient (Wildman–Crippen LogP) is -0.457. The molecule has 1 aromatic heterocycles. The summed E-state index contributed by atoms with van der Waals surface area (Å²) in [4.78, 5) is 26.9. The van der Waals surface area contributed by atoms with Crippen LogP contribution in [-0.4, -0.2) is 38.6 Å². The Labute approximate surface area is 116 Å². The molecule has 104 valence electrons. The van der Waals surface area contributed by atoms with Crippen molar-refractivity contribution in [3.8, 4) is 0 Å². The quantitative estimate of drug-likeness (QED) is 0.695. The number of aliphatic hydroxyl groups is 2. The van der Waals surface area contributed by atoms with Crippen LogP contribution in [0.25, 0.3) is 6.08 Å². The summed E-state index contributed by atoms with van der Waals surface area (Å²) < 4.78 is 6.56. The molecule has 0 saturated carbocycles. The fourth-order valence-electron chi connectivity index (χ4n) is 1.95. The van der Waals surface area contributed by atoms with E-state index < -0.39 is 29.7 Å². The smallest absolute Gasteiger partial charge is 0.330 e. The number of H-pyrrole nitrogens is 1. The Balaban J connectivity index is 2.38. The van der Waals surface area contributed by atoms with Crippen LogP contribution in [0.4, 0.5) is 0 Å². The van der Waals surface area contributed by atoms with Crippen LogP contribution in [0.15, 0.2) is 20.8 Å². The number of rotatable bonds is 3. The van der Waals surface area contributed by atoms with Gasteiger partial charge in [-0.2, -0.15) is 0 Å². The number of aromatic nitrogens is 2. The topological polar surface area (TPSA) is 105 Å². The minimum absolute atomic E-state index is 0.175. The molecule has 1 aliphatic heterocycles. The van der Waals surface area contributed by atoms with Crippen LogP contribution in [0.2, 0.25) is 0 Å². The molecular formula is C11H13BrN2O5. The van der Waals surface area contributed by atoms with Crippen molar-refractivity contribution in [2.45, 2.75) is 24.9 Å². The van der Waals surface area contributed by atoms with E-state index in [0.29, 0.717) is 0 Å². The lowest BCUT2D eigenvalue weighted by Crippen LogP contribution is -2.33. The van der Waals surface area contributed by atoms with Gasteiger partial charge in [0.1, 0.15) is 12.3 Å². The normalized spacial score (nSPS) is 27.2. The van der Waals surface area contributed by atoms with Crippen LogP contribution in [0.1, 0.15) is 18.2 Å². The van der Waals surface area contributed by atoms with Crippen molar-refractivity contribution in [3.63, 3.8) is 0 Å². The van der Waals surface area contributed by atoms with E-state index in [9.17, 15) is 14.7 Å². The Hall–Kier alpha value is -1.22. The fraction of sp³-hybridized carbons (Fsp3) is 0.455. The van der Waals surface area contributed by atoms with Crippen molar-refractivity contribution < 1.29 is 14.9 Å². The molecule has 0 aromatic carbocycles. The van der Waals surface area contributed by atoms with Gasteiger partial charge < -0.3 is 14.9 Å². The van der Waals surface area contributed by atoms with Gasteiger partial charge in [0.15, 0.2) is 0 Å². The lowest BCUT2D eigenvalue weighted by Gasteiger charge is -2.14. The van der Waals surface area contributed by atoms with Gasteiger partial charge in [-0.05, 0) is 11.1 Å². The van der Waals surface area contributed by atoms with Crippen molar-refractivity contribution in [2.24, 2.45) is 0 Å². The molecule has 0 aliphatic carbocycles. The summed E-state index contributed by atoms with van der Waals surface area (Å²) in [6, 6.07) is 0. The first kappa shape index (κ1) is 14.2. The third kappa shape index (κ3) is 2.86. The molecule has 8 heteroatoms. The number of hydrogen-bond acceptors (Lipinski definition) is 5. The molecule has 1 aliphatic rings. The summed E-state index contributed by atoms with van der Waals surface area (Å²) in [7, 11) is 0. The van der Waals surface area contributed by atoms with Gasteiger partial charge in [0, 0.05) is 12.6 Å². The first-order valence-corrected chi connectivity index (χ1v) is 6.55. The average Bonchev–Trinajstić information content (AvgIpc) is 2.74. The van der Waals surface area contributed by atoms with Crippen LogP contribution < -0.4 is 11.2 Å².